The van der Waals surface area contributed by atoms with Gasteiger partial charge in [-0.3, -0.25) is 0 Å². The summed E-state index contributed by atoms with van der Waals surface area (Å²) in [4.78, 5) is 0. The lowest BCUT2D eigenvalue weighted by molar-refractivity contribution is -0.137. The van der Waals surface area contributed by atoms with Gasteiger partial charge in [0.2, 0.25) is 0 Å². The molecular formula is C22H19F4NO. The van der Waals surface area contributed by atoms with Crippen LogP contribution < -0.4 is 10.1 Å². The molecule has 28 heavy (non-hydrogen) atoms. The zero-order chi connectivity index (χ0) is 20.0. The molecule has 0 radical (unpaired) electrons. The van der Waals surface area contributed by atoms with Gasteiger partial charge in [0.15, 0.2) is 0 Å². The molecule has 0 fully saturated rings. The molecular weight excluding hydrogens is 370 g/mol. The molecule has 0 bridgehead atoms. The Kier molecular flexibility index (Phi) is 6.31. The lowest BCUT2D eigenvalue weighted by atomic mass is 10.1. The number of nitrogens with one attached hydrogen (secondary N) is 1. The first-order valence-corrected chi connectivity index (χ1v) is 8.79. The van der Waals surface area contributed by atoms with Crippen LogP contribution in [0.25, 0.3) is 0 Å². The molecule has 1 N–H and O–H groups in total. The molecule has 3 rings (SSSR count). The Balaban J connectivity index is 1.51. The average molecular weight is 389 g/mol. The van der Waals surface area contributed by atoms with Gasteiger partial charge in [-0.25, -0.2) is 4.39 Å². The van der Waals surface area contributed by atoms with E-state index in [0.29, 0.717) is 36.6 Å². The lowest BCUT2D eigenvalue weighted by Gasteiger charge is -2.10. The SMILES string of the molecule is Fc1ccc(Oc2cccc(CNCCc3cccc(C(F)(F)F)c3)c2)cc1. The van der Waals surface area contributed by atoms with E-state index in [1.165, 1.54) is 24.3 Å². The molecule has 0 atom stereocenters. The third-order valence-corrected chi connectivity index (χ3v) is 4.12. The van der Waals surface area contributed by atoms with Gasteiger partial charge in [0, 0.05) is 6.54 Å². The molecule has 2 nitrogen and oxygen atoms in total. The third-order valence-electron chi connectivity index (χ3n) is 4.12. The fourth-order valence-electron chi connectivity index (χ4n) is 2.73. The van der Waals surface area contributed by atoms with Gasteiger partial charge in [0.05, 0.1) is 5.56 Å². The maximum Gasteiger partial charge on any atom is 0.416 e. The van der Waals surface area contributed by atoms with E-state index < -0.39 is 11.7 Å². The summed E-state index contributed by atoms with van der Waals surface area (Å²) in [6.07, 6.45) is -3.83. The van der Waals surface area contributed by atoms with E-state index in [1.807, 2.05) is 18.2 Å². The number of alkyl halides is 3. The third kappa shape index (κ3) is 5.82. The maximum absolute atomic E-state index is 12.9. The van der Waals surface area contributed by atoms with Crippen LogP contribution >= 0.6 is 0 Å². The van der Waals surface area contributed by atoms with Gasteiger partial charge in [-0.2, -0.15) is 13.2 Å². The number of ether oxygens (including phenoxy) is 1. The van der Waals surface area contributed by atoms with Gasteiger partial charge < -0.3 is 10.1 Å². The molecule has 0 aliphatic heterocycles. The molecule has 0 unspecified atom stereocenters. The summed E-state index contributed by atoms with van der Waals surface area (Å²) in [5.74, 6) is 0.839. The summed E-state index contributed by atoms with van der Waals surface area (Å²) in [5, 5.41) is 3.22. The summed E-state index contributed by atoms with van der Waals surface area (Å²) in [7, 11) is 0. The van der Waals surface area contributed by atoms with Crippen molar-refractivity contribution in [2.75, 3.05) is 6.54 Å². The fourth-order valence-corrected chi connectivity index (χ4v) is 2.73. The van der Waals surface area contributed by atoms with Crippen LogP contribution in [0.2, 0.25) is 0 Å². The number of rotatable bonds is 7. The largest absolute Gasteiger partial charge is 0.457 e. The maximum atomic E-state index is 12.9. The molecule has 146 valence electrons. The van der Waals surface area contributed by atoms with Gasteiger partial charge in [-0.05, 0) is 66.6 Å². The number of halogens is 4. The highest BCUT2D eigenvalue weighted by Crippen LogP contribution is 2.29. The number of hydrogen-bond donors (Lipinski definition) is 1. The van der Waals surface area contributed by atoms with Crippen molar-refractivity contribution in [2.24, 2.45) is 0 Å². The van der Waals surface area contributed by atoms with Crippen molar-refractivity contribution >= 4 is 0 Å². The van der Waals surface area contributed by atoms with Gasteiger partial charge >= 0.3 is 6.18 Å². The van der Waals surface area contributed by atoms with Gasteiger partial charge in [-0.15, -0.1) is 0 Å². The Morgan fingerprint density at radius 2 is 1.50 bits per heavy atom. The summed E-state index contributed by atoms with van der Waals surface area (Å²) < 4.78 is 56.9. The van der Waals surface area contributed by atoms with Crippen LogP contribution in [0, 0.1) is 5.82 Å². The predicted molar refractivity (Wildman–Crippen MR) is 99.8 cm³/mol. The summed E-state index contributed by atoms with van der Waals surface area (Å²) in [6.45, 7) is 1.10. The summed E-state index contributed by atoms with van der Waals surface area (Å²) in [6, 6.07) is 18.6. The van der Waals surface area contributed by atoms with Gasteiger partial charge in [0.1, 0.15) is 17.3 Å². The van der Waals surface area contributed by atoms with E-state index in [-0.39, 0.29) is 5.82 Å². The highest BCUT2D eigenvalue weighted by Gasteiger charge is 2.30. The minimum Gasteiger partial charge on any atom is -0.457 e. The Labute approximate surface area is 160 Å². The van der Waals surface area contributed by atoms with Gasteiger partial charge in [0.25, 0.3) is 0 Å². The van der Waals surface area contributed by atoms with Crippen LogP contribution in [0.5, 0.6) is 11.5 Å². The molecule has 0 heterocycles. The normalized spacial score (nSPS) is 11.4. The molecule has 0 saturated carbocycles. The van der Waals surface area contributed by atoms with Crippen LogP contribution in [0.1, 0.15) is 16.7 Å². The minimum absolute atomic E-state index is 0.328. The molecule has 6 heteroatoms. The molecule has 0 saturated heterocycles. The van der Waals surface area contributed by atoms with Crippen LogP contribution in [0.3, 0.4) is 0 Å². The average Bonchev–Trinajstić information content (AvgIpc) is 2.67. The second-order valence-corrected chi connectivity index (χ2v) is 6.33. The minimum atomic E-state index is -4.32. The Hall–Kier alpha value is -2.86. The van der Waals surface area contributed by atoms with Crippen molar-refractivity contribution in [1.82, 2.24) is 5.32 Å². The topological polar surface area (TPSA) is 21.3 Å². The monoisotopic (exact) mass is 389 g/mol. The van der Waals surface area contributed by atoms with E-state index in [9.17, 15) is 17.6 Å². The Bertz CT molecular complexity index is 907. The first-order chi connectivity index (χ1) is 13.4. The van der Waals surface area contributed by atoms with E-state index in [4.69, 9.17) is 4.74 Å². The Morgan fingerprint density at radius 3 is 2.25 bits per heavy atom. The van der Waals surface area contributed by atoms with Crippen LogP contribution in [0.4, 0.5) is 17.6 Å². The zero-order valence-corrected chi connectivity index (χ0v) is 15.0. The lowest BCUT2D eigenvalue weighted by Crippen LogP contribution is -2.17. The second kappa shape index (κ2) is 8.89. The molecule has 0 aromatic heterocycles. The van der Waals surface area contributed by atoms with Crippen molar-refractivity contribution in [1.29, 1.82) is 0 Å². The van der Waals surface area contributed by atoms with Crippen molar-refractivity contribution in [3.05, 3.63) is 95.3 Å². The van der Waals surface area contributed by atoms with Crippen molar-refractivity contribution in [2.45, 2.75) is 19.1 Å². The molecule has 3 aromatic carbocycles. The molecule has 0 aliphatic carbocycles. The van der Waals surface area contributed by atoms with Crippen molar-refractivity contribution in [3.63, 3.8) is 0 Å². The van der Waals surface area contributed by atoms with E-state index in [2.05, 4.69) is 5.32 Å². The standard InChI is InChI=1S/C22H19F4NO/c23-19-7-9-20(10-8-19)28-21-6-2-4-17(14-21)15-27-12-11-16-3-1-5-18(13-16)22(24,25)26/h1-10,13-14,27H,11-12,15H2. The highest BCUT2D eigenvalue weighted by molar-refractivity contribution is 5.34. The summed E-state index contributed by atoms with van der Waals surface area (Å²) in [5.41, 5.74) is 0.981. The Morgan fingerprint density at radius 1 is 0.786 bits per heavy atom. The molecule has 0 spiro atoms. The zero-order valence-electron chi connectivity index (χ0n) is 15.0. The van der Waals surface area contributed by atoms with Crippen molar-refractivity contribution < 1.29 is 22.3 Å². The van der Waals surface area contributed by atoms with Crippen LogP contribution in [-0.4, -0.2) is 6.54 Å². The first-order valence-electron chi connectivity index (χ1n) is 8.79. The fraction of sp³-hybridized carbons (Fsp3) is 0.182. The number of hydrogen-bond acceptors (Lipinski definition) is 2. The van der Waals surface area contributed by atoms with Crippen LogP contribution in [0.15, 0.2) is 72.8 Å². The molecule has 3 aromatic rings. The molecule has 0 aliphatic rings. The van der Waals surface area contributed by atoms with E-state index in [1.54, 1.807) is 24.3 Å². The van der Waals surface area contributed by atoms with Gasteiger partial charge in [-0.1, -0.05) is 30.3 Å². The quantitative estimate of drug-likeness (QED) is 0.397. The number of benzene rings is 3. The van der Waals surface area contributed by atoms with Crippen molar-refractivity contribution in [3.8, 4) is 11.5 Å². The predicted octanol–water partition coefficient (Wildman–Crippen LogP) is 5.97. The van der Waals surface area contributed by atoms with E-state index in [0.717, 1.165) is 11.6 Å². The van der Waals surface area contributed by atoms with E-state index >= 15 is 0 Å². The second-order valence-electron chi connectivity index (χ2n) is 6.33. The summed E-state index contributed by atoms with van der Waals surface area (Å²) >= 11 is 0. The first kappa shape index (κ1) is 19.9. The highest BCUT2D eigenvalue weighted by atomic mass is 19.4. The molecule has 0 amide bonds. The van der Waals surface area contributed by atoms with Crippen LogP contribution in [-0.2, 0) is 19.1 Å². The smallest absolute Gasteiger partial charge is 0.416 e.